The third-order valence-corrected chi connectivity index (χ3v) is 2.83. The topological polar surface area (TPSA) is 56.9 Å². The van der Waals surface area contributed by atoms with Crippen LogP contribution in [0.15, 0.2) is 30.5 Å². The number of aromatic amines is 1. The van der Waals surface area contributed by atoms with Gasteiger partial charge in [0, 0.05) is 23.1 Å². The number of hydrogen-bond donors (Lipinski definition) is 3. The second kappa shape index (κ2) is 4.91. The first-order valence-corrected chi connectivity index (χ1v) is 5.84. The molecule has 2 amide bonds. The van der Waals surface area contributed by atoms with Crippen molar-refractivity contribution in [3.8, 4) is 0 Å². The van der Waals surface area contributed by atoms with E-state index in [1.807, 2.05) is 38.1 Å². The Labute approximate surface area is 100 Å². The lowest BCUT2D eigenvalue weighted by atomic mass is 10.2. The van der Waals surface area contributed by atoms with Crippen molar-refractivity contribution in [1.82, 2.24) is 10.3 Å². The number of H-pyrrole nitrogens is 1. The van der Waals surface area contributed by atoms with Crippen molar-refractivity contribution in [2.75, 3.05) is 5.32 Å². The zero-order valence-corrected chi connectivity index (χ0v) is 10.1. The van der Waals surface area contributed by atoms with Crippen LogP contribution >= 0.6 is 0 Å². The molecule has 2 rings (SSSR count). The molecule has 17 heavy (non-hydrogen) atoms. The Bertz CT molecular complexity index is 518. The quantitative estimate of drug-likeness (QED) is 0.747. The molecule has 4 heteroatoms. The Hall–Kier alpha value is -1.97. The van der Waals surface area contributed by atoms with Crippen molar-refractivity contribution >= 4 is 22.6 Å². The van der Waals surface area contributed by atoms with Crippen LogP contribution in [0.1, 0.15) is 20.3 Å². The molecule has 1 atom stereocenters. The summed E-state index contributed by atoms with van der Waals surface area (Å²) < 4.78 is 0. The molecule has 2 aromatic rings. The number of amides is 2. The number of nitrogens with one attached hydrogen (secondary N) is 3. The normalized spacial score (nSPS) is 12.4. The van der Waals surface area contributed by atoms with Gasteiger partial charge in [0.2, 0.25) is 0 Å². The summed E-state index contributed by atoms with van der Waals surface area (Å²) in [5.41, 5.74) is 1.83. The van der Waals surface area contributed by atoms with Crippen LogP contribution in [0, 0.1) is 0 Å². The van der Waals surface area contributed by atoms with Gasteiger partial charge in [-0.05, 0) is 19.4 Å². The van der Waals surface area contributed by atoms with Gasteiger partial charge in [-0.25, -0.2) is 4.79 Å². The first kappa shape index (κ1) is 11.5. The number of carbonyl (C=O) groups is 1. The highest BCUT2D eigenvalue weighted by Gasteiger charge is 2.08. The van der Waals surface area contributed by atoms with Gasteiger partial charge in [0.15, 0.2) is 0 Å². The van der Waals surface area contributed by atoms with E-state index in [0.717, 1.165) is 23.0 Å². The fourth-order valence-corrected chi connectivity index (χ4v) is 1.66. The Morgan fingerprint density at radius 2 is 2.18 bits per heavy atom. The van der Waals surface area contributed by atoms with Gasteiger partial charge < -0.3 is 15.6 Å². The summed E-state index contributed by atoms with van der Waals surface area (Å²) >= 11 is 0. The van der Waals surface area contributed by atoms with E-state index in [-0.39, 0.29) is 12.1 Å². The molecule has 1 aromatic heterocycles. The molecular weight excluding hydrogens is 214 g/mol. The van der Waals surface area contributed by atoms with Crippen LogP contribution < -0.4 is 10.6 Å². The predicted octanol–water partition coefficient (Wildman–Crippen LogP) is 3.09. The minimum atomic E-state index is -0.163. The molecule has 0 aliphatic heterocycles. The maximum absolute atomic E-state index is 11.7. The summed E-state index contributed by atoms with van der Waals surface area (Å²) in [6.45, 7) is 4.02. The van der Waals surface area contributed by atoms with Crippen LogP contribution in [0.25, 0.3) is 10.9 Å². The van der Waals surface area contributed by atoms with Crippen LogP contribution in [-0.4, -0.2) is 17.1 Å². The lowest BCUT2D eigenvalue weighted by Crippen LogP contribution is -2.35. The van der Waals surface area contributed by atoms with Crippen molar-refractivity contribution in [2.24, 2.45) is 0 Å². The third-order valence-electron chi connectivity index (χ3n) is 2.83. The third kappa shape index (κ3) is 2.58. The van der Waals surface area contributed by atoms with Gasteiger partial charge in [-0.15, -0.1) is 0 Å². The van der Waals surface area contributed by atoms with Crippen molar-refractivity contribution in [2.45, 2.75) is 26.3 Å². The molecule has 0 spiro atoms. The molecule has 1 aromatic carbocycles. The molecule has 1 heterocycles. The van der Waals surface area contributed by atoms with Gasteiger partial charge >= 0.3 is 6.03 Å². The first-order valence-electron chi connectivity index (χ1n) is 5.84. The van der Waals surface area contributed by atoms with Crippen molar-refractivity contribution in [3.63, 3.8) is 0 Å². The number of carbonyl (C=O) groups excluding carboxylic acids is 1. The molecule has 90 valence electrons. The highest BCUT2D eigenvalue weighted by Crippen LogP contribution is 2.22. The Morgan fingerprint density at radius 3 is 2.94 bits per heavy atom. The molecule has 0 radical (unpaired) electrons. The largest absolute Gasteiger partial charge is 0.359 e. The number of anilines is 1. The van der Waals surface area contributed by atoms with E-state index in [2.05, 4.69) is 15.6 Å². The second-order valence-corrected chi connectivity index (χ2v) is 4.16. The van der Waals surface area contributed by atoms with E-state index < -0.39 is 0 Å². The van der Waals surface area contributed by atoms with E-state index >= 15 is 0 Å². The minimum Gasteiger partial charge on any atom is -0.359 e. The SMILES string of the molecule is CC[C@@H](C)NC(=O)Nc1c[nH]c2ccccc12. The number of aromatic nitrogens is 1. The number of para-hydroxylation sites is 1. The van der Waals surface area contributed by atoms with E-state index in [4.69, 9.17) is 0 Å². The molecule has 0 fully saturated rings. The van der Waals surface area contributed by atoms with Gasteiger partial charge in [0.1, 0.15) is 0 Å². The van der Waals surface area contributed by atoms with Crippen LogP contribution in [0.4, 0.5) is 10.5 Å². The molecule has 4 nitrogen and oxygen atoms in total. The first-order chi connectivity index (χ1) is 8.20. The lowest BCUT2D eigenvalue weighted by Gasteiger charge is -2.11. The summed E-state index contributed by atoms with van der Waals surface area (Å²) in [6.07, 6.45) is 2.72. The smallest absolute Gasteiger partial charge is 0.319 e. The molecule has 0 saturated heterocycles. The van der Waals surface area contributed by atoms with Gasteiger partial charge in [-0.2, -0.15) is 0 Å². The highest BCUT2D eigenvalue weighted by atomic mass is 16.2. The number of rotatable bonds is 3. The number of urea groups is 1. The molecule has 0 unspecified atom stereocenters. The Kier molecular flexibility index (Phi) is 3.32. The van der Waals surface area contributed by atoms with Gasteiger partial charge in [-0.3, -0.25) is 0 Å². The van der Waals surface area contributed by atoms with Crippen LogP contribution in [0.3, 0.4) is 0 Å². The Morgan fingerprint density at radius 1 is 1.41 bits per heavy atom. The molecule has 3 N–H and O–H groups in total. The Balaban J connectivity index is 2.11. The summed E-state index contributed by atoms with van der Waals surface area (Å²) in [4.78, 5) is 14.8. The van der Waals surface area contributed by atoms with Gasteiger partial charge in [-0.1, -0.05) is 25.1 Å². The summed E-state index contributed by atoms with van der Waals surface area (Å²) in [6, 6.07) is 7.89. The minimum absolute atomic E-state index is 0.163. The zero-order chi connectivity index (χ0) is 12.3. The predicted molar refractivity (Wildman–Crippen MR) is 70.2 cm³/mol. The molecule has 0 bridgehead atoms. The van der Waals surface area contributed by atoms with Gasteiger partial charge in [0.25, 0.3) is 0 Å². The maximum Gasteiger partial charge on any atom is 0.319 e. The summed E-state index contributed by atoms with van der Waals surface area (Å²) in [5.74, 6) is 0. The summed E-state index contributed by atoms with van der Waals surface area (Å²) in [7, 11) is 0. The number of hydrogen-bond acceptors (Lipinski definition) is 1. The molecule has 0 aliphatic carbocycles. The van der Waals surface area contributed by atoms with E-state index in [1.165, 1.54) is 0 Å². The molecule has 0 saturated carbocycles. The van der Waals surface area contributed by atoms with Crippen LogP contribution in [0.5, 0.6) is 0 Å². The van der Waals surface area contributed by atoms with E-state index in [1.54, 1.807) is 6.20 Å². The van der Waals surface area contributed by atoms with Gasteiger partial charge in [0.05, 0.1) is 5.69 Å². The maximum atomic E-state index is 11.7. The fourth-order valence-electron chi connectivity index (χ4n) is 1.66. The summed E-state index contributed by atoms with van der Waals surface area (Å²) in [5, 5.41) is 6.74. The zero-order valence-electron chi connectivity index (χ0n) is 10.1. The standard InChI is InChI=1S/C13H17N3O/c1-3-9(2)15-13(17)16-12-8-14-11-7-5-4-6-10(11)12/h4-9,14H,3H2,1-2H3,(H2,15,16,17)/t9-/m1/s1. The van der Waals surface area contributed by atoms with Crippen molar-refractivity contribution < 1.29 is 4.79 Å². The lowest BCUT2D eigenvalue weighted by molar-refractivity contribution is 0.249. The molecular formula is C13H17N3O. The van der Waals surface area contributed by atoms with Crippen molar-refractivity contribution in [3.05, 3.63) is 30.5 Å². The van der Waals surface area contributed by atoms with Crippen LogP contribution in [-0.2, 0) is 0 Å². The van der Waals surface area contributed by atoms with E-state index in [0.29, 0.717) is 0 Å². The van der Waals surface area contributed by atoms with Crippen LogP contribution in [0.2, 0.25) is 0 Å². The second-order valence-electron chi connectivity index (χ2n) is 4.16. The van der Waals surface area contributed by atoms with E-state index in [9.17, 15) is 4.79 Å². The molecule has 0 aliphatic rings. The highest BCUT2D eigenvalue weighted by molar-refractivity contribution is 6.00. The monoisotopic (exact) mass is 231 g/mol. The van der Waals surface area contributed by atoms with Crippen molar-refractivity contribution in [1.29, 1.82) is 0 Å². The fraction of sp³-hybridized carbons (Fsp3) is 0.308. The average Bonchev–Trinajstić information content (AvgIpc) is 2.72. The number of fused-ring (bicyclic) bond motifs is 1. The number of benzene rings is 1. The average molecular weight is 231 g/mol.